The summed E-state index contributed by atoms with van der Waals surface area (Å²) in [6, 6.07) is 0.623. The van der Waals surface area contributed by atoms with Crippen molar-refractivity contribution in [1.82, 2.24) is 4.98 Å². The Kier molecular flexibility index (Phi) is 22.7. The number of aromatic nitrogens is 2. The van der Waals surface area contributed by atoms with Crippen LogP contribution in [0, 0.1) is 0 Å². The second-order valence-corrected chi connectivity index (χ2v) is 11.9. The second-order valence-electron chi connectivity index (χ2n) is 11.9. The topological polar surface area (TPSA) is 19.7 Å². The highest BCUT2D eigenvalue weighted by molar-refractivity contribution is 4.90. The minimum atomic E-state index is 0.623. The first-order chi connectivity index (χ1) is 17.7. The predicted octanol–water partition coefficient (Wildman–Crippen LogP) is 11.8. The molecule has 0 aliphatic rings. The fraction of sp³-hybridized carbons (Fsp3) is 0.912. The standard InChI is InChI=1S/C34H66N2/c1-5-8-11-13-14-15-16-17-18-19-20-21-23-26-29-33(28-24-10-7-3)34-35-30-31-36(34)32(4)27-25-22-12-9-6-2/h30-33H,5-29H2,1-4H3/p+1. The fourth-order valence-corrected chi connectivity index (χ4v) is 5.90. The van der Waals surface area contributed by atoms with Crippen LogP contribution in [0.15, 0.2) is 12.4 Å². The molecular weight excluding hydrogens is 436 g/mol. The maximum Gasteiger partial charge on any atom is 0.257 e. The lowest BCUT2D eigenvalue weighted by Crippen LogP contribution is -2.41. The van der Waals surface area contributed by atoms with Crippen molar-refractivity contribution >= 4 is 0 Å². The van der Waals surface area contributed by atoms with Gasteiger partial charge in [-0.2, -0.15) is 0 Å². The maximum absolute atomic E-state index is 3.69. The van der Waals surface area contributed by atoms with Crippen molar-refractivity contribution in [2.24, 2.45) is 0 Å². The lowest BCUT2D eigenvalue weighted by Gasteiger charge is -2.17. The Morgan fingerprint density at radius 2 is 0.889 bits per heavy atom. The smallest absolute Gasteiger partial charge is 0.247 e. The minimum Gasteiger partial charge on any atom is -0.247 e. The van der Waals surface area contributed by atoms with Gasteiger partial charge in [-0.1, -0.05) is 156 Å². The van der Waals surface area contributed by atoms with Crippen LogP contribution in [-0.2, 0) is 0 Å². The molecule has 36 heavy (non-hydrogen) atoms. The molecule has 0 aromatic carbocycles. The molecule has 2 heteroatoms. The number of nitrogens with one attached hydrogen (secondary N) is 1. The summed E-state index contributed by atoms with van der Waals surface area (Å²) in [7, 11) is 0. The van der Waals surface area contributed by atoms with Crippen LogP contribution in [0.25, 0.3) is 0 Å². The van der Waals surface area contributed by atoms with Crippen molar-refractivity contribution in [1.29, 1.82) is 0 Å². The van der Waals surface area contributed by atoms with Crippen LogP contribution in [0.1, 0.15) is 206 Å². The average molecular weight is 504 g/mol. The van der Waals surface area contributed by atoms with Gasteiger partial charge in [-0.3, -0.25) is 0 Å². The molecule has 0 spiro atoms. The van der Waals surface area contributed by atoms with Crippen LogP contribution in [0.2, 0.25) is 0 Å². The number of hydrogen-bond acceptors (Lipinski definition) is 0. The van der Waals surface area contributed by atoms with Gasteiger partial charge in [0, 0.05) is 0 Å². The van der Waals surface area contributed by atoms with Gasteiger partial charge >= 0.3 is 0 Å². The van der Waals surface area contributed by atoms with Crippen LogP contribution >= 0.6 is 0 Å². The molecule has 0 aliphatic heterocycles. The highest BCUT2D eigenvalue weighted by atomic mass is 15.1. The van der Waals surface area contributed by atoms with Gasteiger partial charge < -0.3 is 0 Å². The van der Waals surface area contributed by atoms with E-state index in [1.165, 1.54) is 166 Å². The van der Waals surface area contributed by atoms with Gasteiger partial charge in [0.2, 0.25) is 0 Å². The molecule has 0 amide bonds. The normalized spacial score (nSPS) is 13.3. The Hall–Kier alpha value is -0.790. The molecule has 0 saturated carbocycles. The molecular formula is C34H67N2+. The summed E-state index contributed by atoms with van der Waals surface area (Å²) in [6.07, 6.45) is 39.8. The van der Waals surface area contributed by atoms with Gasteiger partial charge in [-0.25, -0.2) is 9.55 Å². The van der Waals surface area contributed by atoms with Crippen molar-refractivity contribution in [3.8, 4) is 0 Å². The van der Waals surface area contributed by atoms with E-state index in [0.29, 0.717) is 12.0 Å². The third-order valence-corrected chi connectivity index (χ3v) is 8.39. The zero-order chi connectivity index (χ0) is 26.1. The molecule has 1 N–H and O–H groups in total. The molecule has 1 aromatic rings. The van der Waals surface area contributed by atoms with Gasteiger partial charge in [0.05, 0.1) is 12.0 Å². The number of hydrogen-bond donors (Lipinski definition) is 1. The minimum absolute atomic E-state index is 0.623. The van der Waals surface area contributed by atoms with E-state index in [1.54, 1.807) is 0 Å². The van der Waals surface area contributed by atoms with Crippen molar-refractivity contribution in [2.45, 2.75) is 200 Å². The Labute approximate surface area is 227 Å². The van der Waals surface area contributed by atoms with Gasteiger partial charge in [0.25, 0.3) is 5.82 Å². The van der Waals surface area contributed by atoms with E-state index in [-0.39, 0.29) is 0 Å². The van der Waals surface area contributed by atoms with Gasteiger partial charge in [0.15, 0.2) is 0 Å². The molecule has 2 atom stereocenters. The average Bonchev–Trinajstić information content (AvgIpc) is 3.37. The number of rotatable bonds is 27. The first kappa shape index (κ1) is 33.2. The summed E-state index contributed by atoms with van der Waals surface area (Å²) < 4.78 is 2.60. The summed E-state index contributed by atoms with van der Waals surface area (Å²) in [4.78, 5) is 3.69. The fourth-order valence-electron chi connectivity index (χ4n) is 5.90. The molecule has 0 bridgehead atoms. The predicted molar refractivity (Wildman–Crippen MR) is 161 cm³/mol. The van der Waals surface area contributed by atoms with E-state index >= 15 is 0 Å². The molecule has 0 fully saturated rings. The van der Waals surface area contributed by atoms with Crippen LogP contribution < -0.4 is 4.57 Å². The quantitative estimate of drug-likeness (QED) is 0.0909. The monoisotopic (exact) mass is 504 g/mol. The molecule has 0 radical (unpaired) electrons. The van der Waals surface area contributed by atoms with Crippen LogP contribution in [0.3, 0.4) is 0 Å². The van der Waals surface area contributed by atoms with Crippen LogP contribution in [0.5, 0.6) is 0 Å². The lowest BCUT2D eigenvalue weighted by molar-refractivity contribution is -0.727. The van der Waals surface area contributed by atoms with Gasteiger partial charge in [-0.05, 0) is 32.6 Å². The zero-order valence-electron chi connectivity index (χ0n) is 25.4. The molecule has 1 heterocycles. The Balaban J connectivity index is 2.27. The molecule has 212 valence electrons. The van der Waals surface area contributed by atoms with E-state index in [2.05, 4.69) is 49.6 Å². The summed E-state index contributed by atoms with van der Waals surface area (Å²) in [5, 5.41) is 0. The summed E-state index contributed by atoms with van der Waals surface area (Å²) in [5.74, 6) is 2.23. The largest absolute Gasteiger partial charge is 0.257 e. The lowest BCUT2D eigenvalue weighted by atomic mass is 9.93. The Bertz CT molecular complexity index is 563. The van der Waals surface area contributed by atoms with E-state index in [9.17, 15) is 0 Å². The third kappa shape index (κ3) is 16.9. The highest BCUT2D eigenvalue weighted by Gasteiger charge is 2.25. The first-order valence-electron chi connectivity index (χ1n) is 16.8. The van der Waals surface area contributed by atoms with E-state index < -0.39 is 0 Å². The maximum atomic E-state index is 3.69. The van der Waals surface area contributed by atoms with Crippen molar-refractivity contribution < 1.29 is 4.57 Å². The summed E-state index contributed by atoms with van der Waals surface area (Å²) >= 11 is 0. The first-order valence-corrected chi connectivity index (χ1v) is 16.8. The third-order valence-electron chi connectivity index (χ3n) is 8.39. The SMILES string of the molecule is CCCCCCCCCCCCCCCCC(CCCCC)c1[nH]cc[n+]1C(C)CCCCCCC. The van der Waals surface area contributed by atoms with Crippen LogP contribution in [-0.4, -0.2) is 4.98 Å². The van der Waals surface area contributed by atoms with Crippen molar-refractivity contribution in [3.05, 3.63) is 18.2 Å². The second kappa shape index (κ2) is 24.5. The van der Waals surface area contributed by atoms with Crippen molar-refractivity contribution in [3.63, 3.8) is 0 Å². The van der Waals surface area contributed by atoms with Gasteiger partial charge in [0.1, 0.15) is 12.4 Å². The molecule has 0 saturated heterocycles. The Morgan fingerprint density at radius 3 is 1.36 bits per heavy atom. The number of H-pyrrole nitrogens is 1. The van der Waals surface area contributed by atoms with E-state index in [1.807, 2.05) is 0 Å². The summed E-state index contributed by atoms with van der Waals surface area (Å²) in [6.45, 7) is 9.38. The Morgan fingerprint density at radius 1 is 0.528 bits per heavy atom. The molecule has 2 unspecified atom stereocenters. The molecule has 1 rings (SSSR count). The highest BCUT2D eigenvalue weighted by Crippen LogP contribution is 2.27. The number of nitrogens with zero attached hydrogens (tertiary/aromatic N) is 1. The molecule has 0 aliphatic carbocycles. The van der Waals surface area contributed by atoms with Crippen molar-refractivity contribution in [2.75, 3.05) is 0 Å². The van der Waals surface area contributed by atoms with Crippen LogP contribution in [0.4, 0.5) is 0 Å². The number of imidazole rings is 1. The van der Waals surface area contributed by atoms with Gasteiger partial charge in [-0.15, -0.1) is 0 Å². The zero-order valence-corrected chi connectivity index (χ0v) is 25.4. The van der Waals surface area contributed by atoms with E-state index in [0.717, 1.165) is 0 Å². The molecule has 1 aromatic heterocycles. The summed E-state index contributed by atoms with van der Waals surface area (Å²) in [5.41, 5.74) is 0. The molecule has 2 nitrogen and oxygen atoms in total. The van der Waals surface area contributed by atoms with E-state index in [4.69, 9.17) is 0 Å². The number of unbranched alkanes of at least 4 members (excludes halogenated alkanes) is 19. The number of aromatic amines is 1.